The summed E-state index contributed by atoms with van der Waals surface area (Å²) in [6, 6.07) is 3.97. The maximum absolute atomic E-state index is 8.76. The Bertz CT molecular complexity index is 509. The van der Waals surface area contributed by atoms with Gasteiger partial charge >= 0.3 is 0 Å². The molecule has 0 saturated heterocycles. The first-order chi connectivity index (χ1) is 6.22. The highest BCUT2D eigenvalue weighted by molar-refractivity contribution is 14.1. The van der Waals surface area contributed by atoms with Crippen LogP contribution in [-0.4, -0.2) is 14.6 Å². The summed E-state index contributed by atoms with van der Waals surface area (Å²) in [6.45, 7) is 1.94. The van der Waals surface area contributed by atoms with Crippen LogP contribution >= 0.6 is 22.6 Å². The fourth-order valence-electron chi connectivity index (χ4n) is 1.15. The molecule has 2 aromatic heterocycles. The fourth-order valence-corrected chi connectivity index (χ4v) is 1.83. The Morgan fingerprint density at radius 2 is 2.38 bits per heavy atom. The van der Waals surface area contributed by atoms with Crippen molar-refractivity contribution in [3.63, 3.8) is 0 Å². The van der Waals surface area contributed by atoms with Crippen LogP contribution in [-0.2, 0) is 0 Å². The molecule has 0 saturated carbocycles. The number of halogens is 1. The molecule has 0 aliphatic heterocycles. The Morgan fingerprint density at radius 1 is 1.62 bits per heavy atom. The highest BCUT2D eigenvalue weighted by Gasteiger charge is 2.06. The fraction of sp³-hybridized carbons (Fsp3) is 0.125. The third-order valence-corrected chi connectivity index (χ3v) is 2.29. The van der Waals surface area contributed by atoms with Crippen LogP contribution in [0.3, 0.4) is 0 Å². The molecule has 0 aromatic carbocycles. The number of nitriles is 1. The van der Waals surface area contributed by atoms with Gasteiger partial charge in [-0.25, -0.2) is 9.50 Å². The van der Waals surface area contributed by atoms with Gasteiger partial charge in [-0.1, -0.05) is 0 Å². The Morgan fingerprint density at radius 3 is 3.08 bits per heavy atom. The second-order valence-corrected chi connectivity index (χ2v) is 3.73. The van der Waals surface area contributed by atoms with Crippen LogP contribution in [0.5, 0.6) is 0 Å². The molecule has 0 N–H and O–H groups in total. The van der Waals surface area contributed by atoms with Crippen molar-refractivity contribution in [2.24, 2.45) is 0 Å². The molecule has 0 radical (unpaired) electrons. The Labute approximate surface area is 88.3 Å². The summed E-state index contributed by atoms with van der Waals surface area (Å²) < 4.78 is 2.54. The quantitative estimate of drug-likeness (QED) is 0.544. The third kappa shape index (κ3) is 1.27. The van der Waals surface area contributed by atoms with Crippen LogP contribution in [0, 0.1) is 22.0 Å². The van der Waals surface area contributed by atoms with Gasteiger partial charge in [-0.05, 0) is 35.6 Å². The predicted molar refractivity (Wildman–Crippen MR) is 55.2 cm³/mol. The van der Waals surface area contributed by atoms with Crippen LogP contribution in [0.1, 0.15) is 11.3 Å². The standard InChI is InChI=1S/C8H5IN4/c1-5-2-7(9)12-8-6(3-10)4-11-13(5)8/h2,4H,1H3. The lowest BCUT2D eigenvalue weighted by atomic mass is 10.3. The van der Waals surface area contributed by atoms with E-state index in [0.29, 0.717) is 11.2 Å². The van der Waals surface area contributed by atoms with Gasteiger partial charge < -0.3 is 0 Å². The first-order valence-corrected chi connectivity index (χ1v) is 4.71. The molecule has 0 bridgehead atoms. The lowest BCUT2D eigenvalue weighted by Crippen LogP contribution is -1.97. The lowest BCUT2D eigenvalue weighted by Gasteiger charge is -1.98. The SMILES string of the molecule is Cc1cc(I)nc2c(C#N)cnn12. The zero-order chi connectivity index (χ0) is 9.42. The number of aromatic nitrogens is 3. The van der Waals surface area contributed by atoms with Crippen molar-refractivity contribution < 1.29 is 0 Å². The molecule has 2 rings (SSSR count). The molecule has 13 heavy (non-hydrogen) atoms. The van der Waals surface area contributed by atoms with Crippen molar-refractivity contribution in [2.45, 2.75) is 6.92 Å². The van der Waals surface area contributed by atoms with Crippen LogP contribution < -0.4 is 0 Å². The number of rotatable bonds is 0. The molecule has 2 aromatic rings. The molecule has 64 valence electrons. The summed E-state index contributed by atoms with van der Waals surface area (Å²) in [5.41, 5.74) is 2.13. The molecule has 0 fully saturated rings. The minimum atomic E-state index is 0.515. The highest BCUT2D eigenvalue weighted by atomic mass is 127. The summed E-state index contributed by atoms with van der Waals surface area (Å²) >= 11 is 2.12. The maximum atomic E-state index is 8.76. The van der Waals surface area contributed by atoms with E-state index in [1.165, 1.54) is 6.20 Å². The van der Waals surface area contributed by atoms with E-state index in [0.717, 1.165) is 9.39 Å². The summed E-state index contributed by atoms with van der Waals surface area (Å²) in [4.78, 5) is 4.23. The number of hydrogen-bond donors (Lipinski definition) is 0. The van der Waals surface area contributed by atoms with E-state index in [9.17, 15) is 0 Å². The Kier molecular flexibility index (Phi) is 1.92. The van der Waals surface area contributed by atoms with Crippen LogP contribution in [0.25, 0.3) is 5.65 Å². The smallest absolute Gasteiger partial charge is 0.174 e. The Balaban J connectivity index is 2.92. The first kappa shape index (κ1) is 8.44. The molecule has 4 nitrogen and oxygen atoms in total. The Hall–Kier alpha value is -1.16. The van der Waals surface area contributed by atoms with Crippen molar-refractivity contribution in [1.82, 2.24) is 14.6 Å². The van der Waals surface area contributed by atoms with Gasteiger partial charge in [-0.2, -0.15) is 10.4 Å². The third-order valence-electron chi connectivity index (χ3n) is 1.74. The zero-order valence-corrected chi connectivity index (χ0v) is 8.98. The van der Waals surface area contributed by atoms with Gasteiger partial charge in [0.15, 0.2) is 5.65 Å². The molecule has 5 heteroatoms. The zero-order valence-electron chi connectivity index (χ0n) is 6.82. The number of nitrogens with zero attached hydrogens (tertiary/aromatic N) is 4. The second-order valence-electron chi connectivity index (χ2n) is 2.63. The van der Waals surface area contributed by atoms with Gasteiger partial charge in [0.05, 0.1) is 6.20 Å². The van der Waals surface area contributed by atoms with Crippen molar-refractivity contribution in [3.05, 3.63) is 27.2 Å². The summed E-state index contributed by atoms with van der Waals surface area (Å²) in [6.07, 6.45) is 1.53. The van der Waals surface area contributed by atoms with Crippen LogP contribution in [0.4, 0.5) is 0 Å². The lowest BCUT2D eigenvalue weighted by molar-refractivity contribution is 0.889. The molecule has 0 amide bonds. The van der Waals surface area contributed by atoms with Crippen molar-refractivity contribution in [1.29, 1.82) is 5.26 Å². The molecular formula is C8H5IN4. The number of aryl methyl sites for hydroxylation is 1. The normalized spacial score (nSPS) is 10.2. The molecule has 0 unspecified atom stereocenters. The maximum Gasteiger partial charge on any atom is 0.174 e. The van der Waals surface area contributed by atoms with Gasteiger partial charge in [0.25, 0.3) is 0 Å². The van der Waals surface area contributed by atoms with Gasteiger partial charge in [-0.3, -0.25) is 0 Å². The molecular weight excluding hydrogens is 279 g/mol. The average Bonchev–Trinajstić information content (AvgIpc) is 2.47. The molecule has 0 atom stereocenters. The van der Waals surface area contributed by atoms with E-state index >= 15 is 0 Å². The number of fused-ring (bicyclic) bond motifs is 1. The summed E-state index contributed by atoms with van der Waals surface area (Å²) in [7, 11) is 0. The molecule has 0 aliphatic rings. The van der Waals surface area contributed by atoms with Crippen molar-refractivity contribution in [3.8, 4) is 6.07 Å². The largest absolute Gasteiger partial charge is 0.221 e. The van der Waals surface area contributed by atoms with Gasteiger partial charge in [0.1, 0.15) is 15.3 Å². The number of hydrogen-bond acceptors (Lipinski definition) is 3. The van der Waals surface area contributed by atoms with Gasteiger partial charge in [-0.15, -0.1) is 0 Å². The van der Waals surface area contributed by atoms with Crippen molar-refractivity contribution >= 4 is 28.2 Å². The van der Waals surface area contributed by atoms with E-state index in [4.69, 9.17) is 5.26 Å². The summed E-state index contributed by atoms with van der Waals surface area (Å²) in [5.74, 6) is 0. The van der Waals surface area contributed by atoms with Gasteiger partial charge in [0.2, 0.25) is 0 Å². The highest BCUT2D eigenvalue weighted by Crippen LogP contribution is 2.11. The van der Waals surface area contributed by atoms with Crippen molar-refractivity contribution in [2.75, 3.05) is 0 Å². The minimum Gasteiger partial charge on any atom is -0.221 e. The molecule has 2 heterocycles. The van der Waals surface area contributed by atoms with E-state index in [2.05, 4.69) is 38.7 Å². The van der Waals surface area contributed by atoms with Crippen LogP contribution in [0.15, 0.2) is 12.3 Å². The van der Waals surface area contributed by atoms with E-state index in [1.54, 1.807) is 4.52 Å². The first-order valence-electron chi connectivity index (χ1n) is 3.63. The van der Waals surface area contributed by atoms with E-state index in [1.807, 2.05) is 13.0 Å². The summed E-state index contributed by atoms with van der Waals surface area (Å²) in [5, 5.41) is 12.8. The molecule has 0 aliphatic carbocycles. The average molecular weight is 284 g/mol. The van der Waals surface area contributed by atoms with Gasteiger partial charge in [0, 0.05) is 5.69 Å². The topological polar surface area (TPSA) is 54.0 Å². The minimum absolute atomic E-state index is 0.515. The van der Waals surface area contributed by atoms with E-state index < -0.39 is 0 Å². The van der Waals surface area contributed by atoms with Crippen LogP contribution in [0.2, 0.25) is 0 Å². The predicted octanol–water partition coefficient (Wildman–Crippen LogP) is 1.51. The van der Waals surface area contributed by atoms with E-state index in [-0.39, 0.29) is 0 Å². The second kappa shape index (κ2) is 2.96. The molecule has 0 spiro atoms. The monoisotopic (exact) mass is 284 g/mol.